The van der Waals surface area contributed by atoms with Crippen LogP contribution in [0.25, 0.3) is 0 Å². The van der Waals surface area contributed by atoms with Crippen LogP contribution < -0.4 is 16.0 Å². The number of benzene rings is 2. The normalized spacial score (nSPS) is 20.3. The van der Waals surface area contributed by atoms with Gasteiger partial charge in [0.15, 0.2) is 0 Å². The molecule has 2 aromatic carbocycles. The van der Waals surface area contributed by atoms with E-state index in [-0.39, 0.29) is 24.3 Å². The van der Waals surface area contributed by atoms with Gasteiger partial charge in [0.1, 0.15) is 6.04 Å². The first kappa shape index (κ1) is 24.0. The van der Waals surface area contributed by atoms with Crippen molar-refractivity contribution in [1.29, 1.82) is 0 Å². The average Bonchev–Trinajstić information content (AvgIpc) is 3.22. The molecule has 1 unspecified atom stereocenters. The molecule has 36 heavy (non-hydrogen) atoms. The fourth-order valence-corrected chi connectivity index (χ4v) is 5.17. The molecule has 3 aliphatic rings. The van der Waals surface area contributed by atoms with Gasteiger partial charge in [-0.1, -0.05) is 42.5 Å². The molecule has 0 aromatic heterocycles. The van der Waals surface area contributed by atoms with E-state index in [1.54, 1.807) is 4.90 Å². The van der Waals surface area contributed by atoms with Gasteiger partial charge in [-0.3, -0.25) is 19.7 Å². The number of likely N-dealkylation sites (tertiary alicyclic amines) is 1. The van der Waals surface area contributed by atoms with Gasteiger partial charge in [0.25, 0.3) is 5.91 Å². The molecule has 9 nitrogen and oxygen atoms in total. The molecule has 0 radical (unpaired) electrons. The van der Waals surface area contributed by atoms with E-state index in [1.807, 2.05) is 53.4 Å². The Hall–Kier alpha value is -3.72. The largest absolute Gasteiger partial charge is 0.334 e. The Bertz CT molecular complexity index is 1160. The number of carbonyl (C=O) groups excluding carboxylic acids is 4. The highest BCUT2D eigenvalue weighted by Crippen LogP contribution is 2.28. The Morgan fingerprint density at radius 1 is 0.944 bits per heavy atom. The van der Waals surface area contributed by atoms with Crippen molar-refractivity contribution in [2.45, 2.75) is 57.4 Å². The molecule has 3 N–H and O–H groups in total. The lowest BCUT2D eigenvalue weighted by molar-refractivity contribution is -0.136. The van der Waals surface area contributed by atoms with Crippen LogP contribution >= 0.6 is 0 Å². The molecule has 188 valence electrons. The second kappa shape index (κ2) is 10.5. The van der Waals surface area contributed by atoms with Crippen LogP contribution in [0.2, 0.25) is 0 Å². The Balaban J connectivity index is 1.09. The predicted octanol–water partition coefficient (Wildman–Crippen LogP) is 1.91. The van der Waals surface area contributed by atoms with Gasteiger partial charge in [-0.05, 0) is 42.0 Å². The van der Waals surface area contributed by atoms with Crippen molar-refractivity contribution >= 4 is 23.8 Å². The minimum absolute atomic E-state index is 0.0267. The van der Waals surface area contributed by atoms with E-state index >= 15 is 0 Å². The summed E-state index contributed by atoms with van der Waals surface area (Å²) in [6.45, 7) is 2.99. The number of carbonyl (C=O) groups is 4. The fraction of sp³-hybridized carbons (Fsp3) is 0.407. The van der Waals surface area contributed by atoms with Gasteiger partial charge in [0.2, 0.25) is 11.8 Å². The van der Waals surface area contributed by atoms with E-state index in [9.17, 15) is 19.2 Å². The number of rotatable bonds is 6. The zero-order valence-corrected chi connectivity index (χ0v) is 20.2. The first-order valence-electron chi connectivity index (χ1n) is 12.5. The number of nitrogens with one attached hydrogen (secondary N) is 3. The molecule has 0 saturated carbocycles. The third kappa shape index (κ3) is 5.26. The SMILES string of the molecule is O=C1CCC(N2Cc3cc(CNC4CCN(C(=O)NCc5ccccc5)CC4)ccc3C2=O)C(=O)N1. The Kier molecular flexibility index (Phi) is 6.99. The van der Waals surface area contributed by atoms with Crippen molar-refractivity contribution in [3.05, 3.63) is 70.8 Å². The van der Waals surface area contributed by atoms with Crippen molar-refractivity contribution in [1.82, 2.24) is 25.8 Å². The molecule has 2 aromatic rings. The third-order valence-electron chi connectivity index (χ3n) is 7.25. The van der Waals surface area contributed by atoms with Crippen molar-refractivity contribution < 1.29 is 19.2 Å². The molecule has 0 spiro atoms. The van der Waals surface area contributed by atoms with Crippen LogP contribution in [0.1, 0.15) is 52.7 Å². The third-order valence-corrected chi connectivity index (χ3v) is 7.25. The lowest BCUT2D eigenvalue weighted by atomic mass is 10.0. The summed E-state index contributed by atoms with van der Waals surface area (Å²) in [5, 5.41) is 8.92. The lowest BCUT2D eigenvalue weighted by Crippen LogP contribution is -2.52. The smallest absolute Gasteiger partial charge is 0.317 e. The van der Waals surface area contributed by atoms with Gasteiger partial charge < -0.3 is 20.4 Å². The summed E-state index contributed by atoms with van der Waals surface area (Å²) >= 11 is 0. The van der Waals surface area contributed by atoms with Crippen LogP contribution in [-0.2, 0) is 29.2 Å². The number of hydrogen-bond acceptors (Lipinski definition) is 5. The Morgan fingerprint density at radius 2 is 1.72 bits per heavy atom. The van der Waals surface area contributed by atoms with E-state index in [0.29, 0.717) is 50.7 Å². The number of piperidine rings is 2. The molecule has 2 fully saturated rings. The summed E-state index contributed by atoms with van der Waals surface area (Å²) in [5.41, 5.74) is 3.69. The monoisotopic (exact) mass is 489 g/mol. The molecule has 0 aliphatic carbocycles. The highest BCUT2D eigenvalue weighted by molar-refractivity contribution is 6.05. The van der Waals surface area contributed by atoms with Gasteiger partial charge in [0.05, 0.1) is 0 Å². The lowest BCUT2D eigenvalue weighted by Gasteiger charge is -2.32. The second-order valence-electron chi connectivity index (χ2n) is 9.68. The summed E-state index contributed by atoms with van der Waals surface area (Å²) < 4.78 is 0. The maximum Gasteiger partial charge on any atom is 0.317 e. The molecule has 3 heterocycles. The van der Waals surface area contributed by atoms with E-state index in [0.717, 1.165) is 29.5 Å². The van der Waals surface area contributed by atoms with Crippen LogP contribution in [0.5, 0.6) is 0 Å². The summed E-state index contributed by atoms with van der Waals surface area (Å²) in [5.74, 6) is -0.835. The van der Waals surface area contributed by atoms with Crippen molar-refractivity contribution in [2.24, 2.45) is 0 Å². The first-order valence-corrected chi connectivity index (χ1v) is 12.5. The fourth-order valence-electron chi connectivity index (χ4n) is 5.17. The molecule has 1 atom stereocenters. The number of nitrogens with zero attached hydrogens (tertiary/aromatic N) is 2. The van der Waals surface area contributed by atoms with Gasteiger partial charge in [-0.2, -0.15) is 0 Å². The van der Waals surface area contributed by atoms with Crippen molar-refractivity contribution in [2.75, 3.05) is 13.1 Å². The van der Waals surface area contributed by atoms with Gasteiger partial charge in [-0.25, -0.2) is 4.79 Å². The molecule has 3 aliphatic heterocycles. The van der Waals surface area contributed by atoms with Crippen LogP contribution in [0.4, 0.5) is 4.79 Å². The zero-order chi connectivity index (χ0) is 25.1. The van der Waals surface area contributed by atoms with Crippen molar-refractivity contribution in [3.8, 4) is 0 Å². The predicted molar refractivity (Wildman–Crippen MR) is 133 cm³/mol. The number of hydrogen-bond donors (Lipinski definition) is 3. The van der Waals surface area contributed by atoms with E-state index in [1.165, 1.54) is 0 Å². The maximum atomic E-state index is 12.9. The number of urea groups is 1. The maximum absolute atomic E-state index is 12.9. The number of imide groups is 1. The molecule has 2 saturated heterocycles. The molecule has 5 rings (SSSR count). The van der Waals surface area contributed by atoms with Crippen LogP contribution in [0.3, 0.4) is 0 Å². The molecular formula is C27H31N5O4. The molecule has 9 heteroatoms. The molecular weight excluding hydrogens is 458 g/mol. The minimum atomic E-state index is -0.598. The number of fused-ring (bicyclic) bond motifs is 1. The Labute approximate surface area is 210 Å². The first-order chi connectivity index (χ1) is 17.5. The van der Waals surface area contributed by atoms with E-state index in [4.69, 9.17) is 0 Å². The van der Waals surface area contributed by atoms with Crippen molar-refractivity contribution in [3.63, 3.8) is 0 Å². The van der Waals surface area contributed by atoms with E-state index < -0.39 is 11.9 Å². The summed E-state index contributed by atoms with van der Waals surface area (Å²) in [4.78, 5) is 52.5. The van der Waals surface area contributed by atoms with Gasteiger partial charge in [-0.15, -0.1) is 0 Å². The van der Waals surface area contributed by atoms with E-state index in [2.05, 4.69) is 16.0 Å². The van der Waals surface area contributed by atoms with Crippen LogP contribution in [0.15, 0.2) is 48.5 Å². The molecule has 5 amide bonds. The van der Waals surface area contributed by atoms with Crippen LogP contribution in [-0.4, -0.2) is 58.7 Å². The second-order valence-corrected chi connectivity index (χ2v) is 9.68. The summed E-state index contributed by atoms with van der Waals surface area (Å²) in [7, 11) is 0. The quantitative estimate of drug-likeness (QED) is 0.537. The standard InChI is InChI=1S/C27H31N5O4/c33-24-9-8-23(25(34)30-24)32-17-20-14-19(6-7-22(20)26(32)35)16-28-21-10-12-31(13-11-21)27(36)29-15-18-4-2-1-3-5-18/h1-7,14,21,23,28H,8-13,15-17H2,(H,29,36)(H,30,33,34). The summed E-state index contributed by atoms with van der Waals surface area (Å²) in [6, 6.07) is 15.4. The topological polar surface area (TPSA) is 111 Å². The minimum Gasteiger partial charge on any atom is -0.334 e. The summed E-state index contributed by atoms with van der Waals surface area (Å²) in [6.07, 6.45) is 2.37. The highest BCUT2D eigenvalue weighted by Gasteiger charge is 2.39. The number of amides is 5. The van der Waals surface area contributed by atoms with Gasteiger partial charge in [0, 0.05) is 50.7 Å². The van der Waals surface area contributed by atoms with Crippen LogP contribution in [0, 0.1) is 0 Å². The average molecular weight is 490 g/mol. The highest BCUT2D eigenvalue weighted by atomic mass is 16.2. The molecule has 0 bridgehead atoms. The Morgan fingerprint density at radius 3 is 2.47 bits per heavy atom. The zero-order valence-electron chi connectivity index (χ0n) is 20.2. The van der Waals surface area contributed by atoms with Gasteiger partial charge >= 0.3 is 6.03 Å².